The molecule has 2 aliphatic rings. The summed E-state index contributed by atoms with van der Waals surface area (Å²) in [5, 5.41) is 2.34. The van der Waals surface area contributed by atoms with Crippen LogP contribution in [-0.2, 0) is 16.0 Å². The van der Waals surface area contributed by atoms with E-state index in [0.717, 1.165) is 28.0 Å². The van der Waals surface area contributed by atoms with Crippen molar-refractivity contribution in [1.82, 2.24) is 5.32 Å². The molecule has 2 aromatic carbocycles. The second-order valence-corrected chi connectivity index (χ2v) is 9.68. The van der Waals surface area contributed by atoms with Crippen molar-refractivity contribution in [3.63, 3.8) is 0 Å². The van der Waals surface area contributed by atoms with Gasteiger partial charge in [0.2, 0.25) is 0 Å². The number of para-hydroxylation sites is 1. The summed E-state index contributed by atoms with van der Waals surface area (Å²) in [6.07, 6.45) is 3.28. The number of anilines is 2. The number of rotatable bonds is 3. The average Bonchev–Trinajstić information content (AvgIpc) is 2.75. The van der Waals surface area contributed by atoms with Gasteiger partial charge in [0.15, 0.2) is 0 Å². The molecule has 2 aliphatic heterocycles. The lowest BCUT2D eigenvalue weighted by Crippen LogP contribution is -2.54. The maximum Gasteiger partial charge on any atom is 0.335 e. The molecule has 33 heavy (non-hydrogen) atoms. The van der Waals surface area contributed by atoms with Gasteiger partial charge in [-0.2, -0.15) is 0 Å². The molecule has 1 atom stereocenters. The number of hydrogen-bond donors (Lipinski definition) is 1. The van der Waals surface area contributed by atoms with Crippen molar-refractivity contribution in [2.24, 2.45) is 0 Å². The molecular weight excluding hydrogens is 414 g/mol. The molecule has 4 amide bonds. The number of fused-ring (bicyclic) bond motifs is 1. The van der Waals surface area contributed by atoms with Crippen molar-refractivity contribution in [3.8, 4) is 0 Å². The Kier molecular flexibility index (Phi) is 5.64. The molecule has 0 radical (unpaired) electrons. The predicted molar refractivity (Wildman–Crippen MR) is 132 cm³/mol. The van der Waals surface area contributed by atoms with E-state index in [9.17, 15) is 14.4 Å². The molecule has 1 saturated heterocycles. The molecule has 0 bridgehead atoms. The lowest BCUT2D eigenvalue weighted by Gasteiger charge is -2.45. The Bertz CT molecular complexity index is 1200. The van der Waals surface area contributed by atoms with Crippen LogP contribution < -0.4 is 15.1 Å². The number of benzene rings is 2. The summed E-state index contributed by atoms with van der Waals surface area (Å²) in [7, 11) is 2.11. The largest absolute Gasteiger partial charge is 0.369 e. The first-order valence-corrected chi connectivity index (χ1v) is 11.4. The van der Waals surface area contributed by atoms with Gasteiger partial charge in [-0.05, 0) is 86.1 Å². The standard InChI is InChI=1S/C27H31N3O3/c1-7-18-10-8-9-11-22(18)30-25(32)21(24(31)28-26(30)33)14-19-13-20-17(3)15-27(4,5)29(6)23(20)12-16(19)2/h8-14,17H,7,15H2,1-6H3,(H,28,31,33)/b21-14+. The molecule has 1 N–H and O–H groups in total. The van der Waals surface area contributed by atoms with E-state index in [4.69, 9.17) is 0 Å². The molecule has 6 nitrogen and oxygen atoms in total. The van der Waals surface area contributed by atoms with E-state index in [-0.39, 0.29) is 11.1 Å². The fourth-order valence-electron chi connectivity index (χ4n) is 4.95. The molecular formula is C27H31N3O3. The van der Waals surface area contributed by atoms with Crippen molar-refractivity contribution >= 4 is 35.3 Å². The minimum Gasteiger partial charge on any atom is -0.369 e. The Labute approximate surface area is 195 Å². The summed E-state index contributed by atoms with van der Waals surface area (Å²) in [4.78, 5) is 42.1. The molecule has 0 spiro atoms. The minimum absolute atomic E-state index is 0.0410. The fourth-order valence-corrected chi connectivity index (χ4v) is 4.95. The highest BCUT2D eigenvalue weighted by Gasteiger charge is 2.38. The lowest BCUT2D eigenvalue weighted by molar-refractivity contribution is -0.122. The van der Waals surface area contributed by atoms with Gasteiger partial charge in [0, 0.05) is 18.3 Å². The number of carbonyl (C=O) groups is 3. The fraction of sp³-hybridized carbons (Fsp3) is 0.370. The van der Waals surface area contributed by atoms with E-state index in [1.54, 1.807) is 18.2 Å². The highest BCUT2D eigenvalue weighted by atomic mass is 16.2. The van der Waals surface area contributed by atoms with E-state index in [1.807, 2.05) is 26.0 Å². The van der Waals surface area contributed by atoms with Gasteiger partial charge in [0.25, 0.3) is 11.8 Å². The molecule has 2 heterocycles. The number of nitrogens with zero attached hydrogens (tertiary/aromatic N) is 2. The molecule has 6 heteroatoms. The smallest absolute Gasteiger partial charge is 0.335 e. The Morgan fingerprint density at radius 3 is 2.52 bits per heavy atom. The first-order valence-electron chi connectivity index (χ1n) is 11.4. The van der Waals surface area contributed by atoms with Gasteiger partial charge in [-0.3, -0.25) is 14.9 Å². The van der Waals surface area contributed by atoms with Gasteiger partial charge < -0.3 is 4.90 Å². The number of urea groups is 1. The molecule has 0 aromatic heterocycles. The van der Waals surface area contributed by atoms with Crippen molar-refractivity contribution in [1.29, 1.82) is 0 Å². The maximum atomic E-state index is 13.4. The molecule has 0 aliphatic carbocycles. The number of barbiturate groups is 1. The maximum absolute atomic E-state index is 13.4. The van der Waals surface area contributed by atoms with Gasteiger partial charge in [0.1, 0.15) is 5.57 Å². The third-order valence-corrected chi connectivity index (χ3v) is 7.04. The number of amides is 4. The topological polar surface area (TPSA) is 69.7 Å². The zero-order valence-electron chi connectivity index (χ0n) is 20.2. The van der Waals surface area contributed by atoms with E-state index in [0.29, 0.717) is 18.0 Å². The quantitative estimate of drug-likeness (QED) is 0.536. The van der Waals surface area contributed by atoms with Crippen LogP contribution in [0.25, 0.3) is 6.08 Å². The van der Waals surface area contributed by atoms with Crippen molar-refractivity contribution in [2.75, 3.05) is 16.8 Å². The van der Waals surface area contributed by atoms with E-state index in [1.165, 1.54) is 11.3 Å². The SMILES string of the molecule is CCc1ccccc1N1C(=O)NC(=O)/C(=C\c2cc3c(cc2C)N(C)C(C)(C)CC3C)C1=O. The van der Waals surface area contributed by atoms with Crippen LogP contribution in [0.1, 0.15) is 62.3 Å². The number of hydrogen-bond acceptors (Lipinski definition) is 4. The number of nitrogens with one attached hydrogen (secondary N) is 1. The Balaban J connectivity index is 1.79. The molecule has 2 aromatic rings. The van der Waals surface area contributed by atoms with Gasteiger partial charge in [0.05, 0.1) is 5.69 Å². The second-order valence-electron chi connectivity index (χ2n) is 9.68. The number of aryl methyl sites for hydroxylation is 2. The first kappa shape index (κ1) is 22.8. The zero-order chi connectivity index (χ0) is 24.1. The zero-order valence-corrected chi connectivity index (χ0v) is 20.2. The van der Waals surface area contributed by atoms with Gasteiger partial charge in [-0.25, -0.2) is 9.69 Å². The molecule has 4 rings (SSSR count). The monoisotopic (exact) mass is 445 g/mol. The molecule has 1 unspecified atom stereocenters. The van der Waals surface area contributed by atoms with E-state index in [2.05, 4.69) is 50.2 Å². The summed E-state index contributed by atoms with van der Waals surface area (Å²) in [5.74, 6) is -0.930. The van der Waals surface area contributed by atoms with Crippen LogP contribution in [0.3, 0.4) is 0 Å². The highest BCUT2D eigenvalue weighted by molar-refractivity contribution is 6.39. The van der Waals surface area contributed by atoms with Crippen LogP contribution in [0.5, 0.6) is 0 Å². The highest BCUT2D eigenvalue weighted by Crippen LogP contribution is 2.43. The Morgan fingerprint density at radius 2 is 1.82 bits per heavy atom. The average molecular weight is 446 g/mol. The van der Waals surface area contributed by atoms with Gasteiger partial charge in [-0.15, -0.1) is 0 Å². The predicted octanol–water partition coefficient (Wildman–Crippen LogP) is 4.95. The van der Waals surface area contributed by atoms with Crippen LogP contribution in [0.4, 0.5) is 16.2 Å². The molecule has 172 valence electrons. The normalized spacial score (nSPS) is 21.3. The van der Waals surface area contributed by atoms with Crippen LogP contribution in [0.2, 0.25) is 0 Å². The van der Waals surface area contributed by atoms with E-state index >= 15 is 0 Å². The van der Waals surface area contributed by atoms with Crippen LogP contribution >= 0.6 is 0 Å². The van der Waals surface area contributed by atoms with E-state index < -0.39 is 17.8 Å². The summed E-state index contributed by atoms with van der Waals surface area (Å²) >= 11 is 0. The second kappa shape index (κ2) is 8.18. The summed E-state index contributed by atoms with van der Waals surface area (Å²) < 4.78 is 0. The minimum atomic E-state index is -0.720. The van der Waals surface area contributed by atoms with Crippen molar-refractivity contribution in [2.45, 2.75) is 58.9 Å². The van der Waals surface area contributed by atoms with Gasteiger partial charge in [-0.1, -0.05) is 32.0 Å². The van der Waals surface area contributed by atoms with Crippen LogP contribution in [-0.4, -0.2) is 30.4 Å². The van der Waals surface area contributed by atoms with Crippen molar-refractivity contribution < 1.29 is 14.4 Å². The first-order chi connectivity index (χ1) is 15.5. The number of imide groups is 2. The lowest BCUT2D eigenvalue weighted by atomic mass is 9.79. The van der Waals surface area contributed by atoms with Crippen molar-refractivity contribution in [3.05, 3.63) is 64.2 Å². The van der Waals surface area contributed by atoms with Gasteiger partial charge >= 0.3 is 6.03 Å². The van der Waals surface area contributed by atoms with Crippen LogP contribution in [0, 0.1) is 6.92 Å². The Morgan fingerprint density at radius 1 is 1.12 bits per heavy atom. The third-order valence-electron chi connectivity index (χ3n) is 7.04. The molecule has 0 saturated carbocycles. The Hall–Kier alpha value is -3.41. The summed E-state index contributed by atoms with van der Waals surface area (Å²) in [6, 6.07) is 10.7. The number of carbonyl (C=O) groups excluding carboxylic acids is 3. The summed E-state index contributed by atoms with van der Waals surface area (Å²) in [5.41, 5.74) is 5.52. The summed E-state index contributed by atoms with van der Waals surface area (Å²) in [6.45, 7) is 10.6. The van der Waals surface area contributed by atoms with Crippen LogP contribution in [0.15, 0.2) is 42.0 Å². The molecule has 1 fully saturated rings. The third kappa shape index (κ3) is 3.84.